The van der Waals surface area contributed by atoms with Gasteiger partial charge in [-0.1, -0.05) is 0 Å². The Bertz CT molecular complexity index is 521. The number of hydrogen-bond acceptors (Lipinski definition) is 4. The molecule has 2 aliphatic heterocycles. The van der Waals surface area contributed by atoms with Gasteiger partial charge in [0.15, 0.2) is 0 Å². The van der Waals surface area contributed by atoms with Crippen LogP contribution in [0.1, 0.15) is 48.4 Å². The predicted molar refractivity (Wildman–Crippen MR) is 77.9 cm³/mol. The SMILES string of the molecule is NC(CCC(=O)O)c1c2c(cc3c1OCCC3)OCCC2. The maximum Gasteiger partial charge on any atom is 0.303 e. The first-order valence-corrected chi connectivity index (χ1v) is 7.58. The van der Waals surface area contributed by atoms with Gasteiger partial charge in [-0.25, -0.2) is 0 Å². The lowest BCUT2D eigenvalue weighted by molar-refractivity contribution is -0.137. The third-order valence-corrected chi connectivity index (χ3v) is 4.17. The number of ether oxygens (including phenoxy) is 2. The molecule has 3 N–H and O–H groups in total. The molecular weight excluding hydrogens is 270 g/mol. The molecule has 0 saturated carbocycles. The molecule has 1 atom stereocenters. The Morgan fingerprint density at radius 2 is 2.05 bits per heavy atom. The molecule has 2 aliphatic rings. The summed E-state index contributed by atoms with van der Waals surface area (Å²) in [5.41, 5.74) is 9.52. The van der Waals surface area contributed by atoms with Gasteiger partial charge in [0.05, 0.1) is 13.2 Å². The summed E-state index contributed by atoms with van der Waals surface area (Å²) in [7, 11) is 0. The summed E-state index contributed by atoms with van der Waals surface area (Å²) >= 11 is 0. The van der Waals surface area contributed by atoms with E-state index in [1.54, 1.807) is 0 Å². The number of aryl methyl sites for hydroxylation is 1. The zero-order valence-electron chi connectivity index (χ0n) is 12.1. The van der Waals surface area contributed by atoms with Gasteiger partial charge in [0.2, 0.25) is 0 Å². The predicted octanol–water partition coefficient (Wildman–Crippen LogP) is 2.20. The van der Waals surface area contributed by atoms with Gasteiger partial charge < -0.3 is 20.3 Å². The first-order valence-electron chi connectivity index (χ1n) is 7.58. The second-order valence-corrected chi connectivity index (χ2v) is 5.70. The van der Waals surface area contributed by atoms with Crippen LogP contribution in [-0.2, 0) is 17.6 Å². The summed E-state index contributed by atoms with van der Waals surface area (Å²) in [6, 6.07) is 1.76. The fourth-order valence-corrected chi connectivity index (χ4v) is 3.18. The van der Waals surface area contributed by atoms with Crippen LogP contribution in [0.4, 0.5) is 0 Å². The number of carbonyl (C=O) groups is 1. The minimum atomic E-state index is -0.818. The molecule has 2 heterocycles. The van der Waals surface area contributed by atoms with Gasteiger partial charge in [0.1, 0.15) is 11.5 Å². The van der Waals surface area contributed by atoms with Crippen LogP contribution >= 0.6 is 0 Å². The third-order valence-electron chi connectivity index (χ3n) is 4.17. The average Bonchev–Trinajstić information content (AvgIpc) is 2.50. The van der Waals surface area contributed by atoms with Crippen LogP contribution in [0.2, 0.25) is 0 Å². The minimum absolute atomic E-state index is 0.0699. The van der Waals surface area contributed by atoms with Crippen molar-refractivity contribution in [2.75, 3.05) is 13.2 Å². The highest BCUT2D eigenvalue weighted by atomic mass is 16.5. The van der Waals surface area contributed by atoms with Gasteiger partial charge >= 0.3 is 5.97 Å². The number of benzene rings is 1. The lowest BCUT2D eigenvalue weighted by Gasteiger charge is -2.29. The molecule has 114 valence electrons. The van der Waals surface area contributed by atoms with Crippen molar-refractivity contribution in [1.82, 2.24) is 0 Å². The van der Waals surface area contributed by atoms with Gasteiger partial charge in [0, 0.05) is 23.6 Å². The molecule has 1 unspecified atom stereocenters. The number of hydrogen-bond donors (Lipinski definition) is 2. The summed E-state index contributed by atoms with van der Waals surface area (Å²) in [6.07, 6.45) is 4.33. The summed E-state index contributed by atoms with van der Waals surface area (Å²) < 4.78 is 11.6. The van der Waals surface area contributed by atoms with E-state index >= 15 is 0 Å². The van der Waals surface area contributed by atoms with Crippen LogP contribution in [0.5, 0.6) is 11.5 Å². The molecule has 1 aromatic carbocycles. The molecule has 3 rings (SSSR count). The van der Waals surface area contributed by atoms with Crippen LogP contribution in [0.25, 0.3) is 0 Å². The minimum Gasteiger partial charge on any atom is -0.493 e. The van der Waals surface area contributed by atoms with Crippen molar-refractivity contribution in [3.05, 3.63) is 22.8 Å². The number of aliphatic carboxylic acids is 1. The first kappa shape index (κ1) is 14.2. The van der Waals surface area contributed by atoms with Crippen LogP contribution < -0.4 is 15.2 Å². The van der Waals surface area contributed by atoms with Crippen LogP contribution in [0.15, 0.2) is 6.07 Å². The number of rotatable bonds is 4. The topological polar surface area (TPSA) is 81.8 Å². The lowest BCUT2D eigenvalue weighted by Crippen LogP contribution is -2.22. The van der Waals surface area contributed by atoms with Crippen molar-refractivity contribution in [2.24, 2.45) is 5.73 Å². The number of carboxylic acid groups (broad SMARTS) is 1. The summed E-state index contributed by atoms with van der Waals surface area (Å²) in [5.74, 6) is 0.968. The smallest absolute Gasteiger partial charge is 0.303 e. The van der Waals surface area contributed by atoms with Crippen molar-refractivity contribution in [3.8, 4) is 11.5 Å². The highest BCUT2D eigenvalue weighted by molar-refractivity contribution is 5.67. The molecule has 5 heteroatoms. The van der Waals surface area contributed by atoms with E-state index in [4.69, 9.17) is 20.3 Å². The monoisotopic (exact) mass is 291 g/mol. The van der Waals surface area contributed by atoms with Gasteiger partial charge in [-0.3, -0.25) is 4.79 Å². The van der Waals surface area contributed by atoms with Crippen LogP contribution in [0, 0.1) is 0 Å². The van der Waals surface area contributed by atoms with E-state index in [9.17, 15) is 4.79 Å². The molecular formula is C16H21NO4. The van der Waals surface area contributed by atoms with Gasteiger partial charge in [-0.05, 0) is 43.7 Å². The molecule has 0 saturated heterocycles. The molecule has 0 bridgehead atoms. The second-order valence-electron chi connectivity index (χ2n) is 5.70. The largest absolute Gasteiger partial charge is 0.493 e. The molecule has 5 nitrogen and oxygen atoms in total. The quantitative estimate of drug-likeness (QED) is 0.888. The molecule has 0 amide bonds. The molecule has 0 radical (unpaired) electrons. The van der Waals surface area contributed by atoms with E-state index in [2.05, 4.69) is 6.07 Å². The lowest BCUT2D eigenvalue weighted by atomic mass is 9.88. The molecule has 0 aromatic heterocycles. The Morgan fingerprint density at radius 1 is 1.29 bits per heavy atom. The zero-order chi connectivity index (χ0) is 14.8. The average molecular weight is 291 g/mol. The summed E-state index contributed by atoms with van der Waals surface area (Å²) in [4.78, 5) is 10.8. The van der Waals surface area contributed by atoms with E-state index < -0.39 is 5.97 Å². The Kier molecular flexibility index (Phi) is 4.01. The normalized spacial score (nSPS) is 18.0. The van der Waals surface area contributed by atoms with E-state index in [1.807, 2.05) is 0 Å². The van der Waals surface area contributed by atoms with E-state index in [1.165, 1.54) is 0 Å². The number of carboxylic acids is 1. The Balaban J connectivity index is 2.01. The Hall–Kier alpha value is -1.75. The molecule has 1 aromatic rings. The maximum absolute atomic E-state index is 10.8. The van der Waals surface area contributed by atoms with Crippen LogP contribution in [-0.4, -0.2) is 24.3 Å². The van der Waals surface area contributed by atoms with Crippen molar-refractivity contribution in [3.63, 3.8) is 0 Å². The zero-order valence-corrected chi connectivity index (χ0v) is 12.1. The molecule has 0 spiro atoms. The van der Waals surface area contributed by atoms with Crippen molar-refractivity contribution < 1.29 is 19.4 Å². The van der Waals surface area contributed by atoms with E-state index in [0.717, 1.165) is 60.5 Å². The highest BCUT2D eigenvalue weighted by Crippen LogP contribution is 2.43. The van der Waals surface area contributed by atoms with E-state index in [-0.39, 0.29) is 12.5 Å². The summed E-state index contributed by atoms with van der Waals surface area (Å²) in [5, 5.41) is 8.87. The van der Waals surface area contributed by atoms with Gasteiger partial charge in [-0.15, -0.1) is 0 Å². The van der Waals surface area contributed by atoms with Crippen molar-refractivity contribution in [1.29, 1.82) is 0 Å². The van der Waals surface area contributed by atoms with Crippen molar-refractivity contribution >= 4 is 5.97 Å². The Labute approximate surface area is 124 Å². The first-order chi connectivity index (χ1) is 10.2. The number of nitrogens with two attached hydrogens (primary N) is 1. The standard InChI is InChI=1S/C16H21NO4/c17-12(5-6-14(18)19)15-11-4-2-7-20-13(11)9-10-3-1-8-21-16(10)15/h9,12H,1-8,17H2,(H,18,19). The maximum atomic E-state index is 10.8. The number of fused-ring (bicyclic) bond motifs is 2. The van der Waals surface area contributed by atoms with Crippen molar-refractivity contribution in [2.45, 2.75) is 44.6 Å². The molecule has 21 heavy (non-hydrogen) atoms. The van der Waals surface area contributed by atoms with Gasteiger partial charge in [-0.2, -0.15) is 0 Å². The fourth-order valence-electron chi connectivity index (χ4n) is 3.18. The second kappa shape index (κ2) is 5.93. The highest BCUT2D eigenvalue weighted by Gasteiger charge is 2.27. The third kappa shape index (κ3) is 2.83. The summed E-state index contributed by atoms with van der Waals surface area (Å²) in [6.45, 7) is 1.43. The van der Waals surface area contributed by atoms with Crippen LogP contribution in [0.3, 0.4) is 0 Å². The fraction of sp³-hybridized carbons (Fsp3) is 0.562. The molecule has 0 fully saturated rings. The molecule has 0 aliphatic carbocycles. The Morgan fingerprint density at radius 3 is 2.86 bits per heavy atom. The van der Waals surface area contributed by atoms with E-state index in [0.29, 0.717) is 13.0 Å². The van der Waals surface area contributed by atoms with Gasteiger partial charge in [0.25, 0.3) is 0 Å².